The zero-order valence-corrected chi connectivity index (χ0v) is 17.2. The first-order chi connectivity index (χ1) is 14.2. The smallest absolute Gasteiger partial charge is 0.475 e. The monoisotopic (exact) mass is 427 g/mol. The van der Waals surface area contributed by atoms with Gasteiger partial charge in [0.05, 0.1) is 12.3 Å². The molecule has 2 aromatic rings. The van der Waals surface area contributed by atoms with E-state index in [4.69, 9.17) is 14.6 Å². The lowest BCUT2D eigenvalue weighted by Gasteiger charge is -2.27. The van der Waals surface area contributed by atoms with E-state index in [-0.39, 0.29) is 0 Å². The van der Waals surface area contributed by atoms with E-state index in [0.717, 1.165) is 39.0 Å². The summed E-state index contributed by atoms with van der Waals surface area (Å²) in [6, 6.07) is 11.2. The van der Waals surface area contributed by atoms with Gasteiger partial charge in [-0.2, -0.15) is 18.3 Å². The molecule has 1 aliphatic heterocycles. The lowest BCUT2D eigenvalue weighted by atomic mass is 10.0. The van der Waals surface area contributed by atoms with Gasteiger partial charge in [0, 0.05) is 39.0 Å². The summed E-state index contributed by atoms with van der Waals surface area (Å²) in [5, 5.41) is 11.4. The third-order valence-electron chi connectivity index (χ3n) is 4.96. The molecule has 3 rings (SSSR count). The number of carbonyl (C=O) groups is 1. The number of aromatic nitrogens is 2. The van der Waals surface area contributed by atoms with E-state index in [2.05, 4.69) is 53.5 Å². The lowest BCUT2D eigenvalue weighted by molar-refractivity contribution is -0.192. The van der Waals surface area contributed by atoms with Crippen LogP contribution in [0.1, 0.15) is 24.5 Å². The fourth-order valence-corrected chi connectivity index (χ4v) is 3.57. The molecule has 0 bridgehead atoms. The van der Waals surface area contributed by atoms with Crippen LogP contribution >= 0.6 is 0 Å². The average molecular weight is 427 g/mol. The van der Waals surface area contributed by atoms with Crippen LogP contribution in [0.2, 0.25) is 0 Å². The molecule has 1 aromatic carbocycles. The number of rotatable bonds is 7. The Labute approximate surface area is 174 Å². The van der Waals surface area contributed by atoms with Crippen molar-refractivity contribution in [2.75, 3.05) is 19.7 Å². The largest absolute Gasteiger partial charge is 0.490 e. The topological polar surface area (TPSA) is 67.6 Å². The SMILES string of the molecule is CCO[C@@H]1CCN(CCc2ccccc2)[C@@H]1Cc1cnn(C)c1.O=C(O)C(F)(F)F. The molecular weight excluding hydrogens is 399 g/mol. The second-order valence-electron chi connectivity index (χ2n) is 7.15. The van der Waals surface area contributed by atoms with Gasteiger partial charge in [0.1, 0.15) is 0 Å². The molecule has 2 heterocycles. The molecule has 1 saturated heterocycles. The maximum atomic E-state index is 10.6. The number of carboxylic acid groups (broad SMARTS) is 1. The lowest BCUT2D eigenvalue weighted by Crippen LogP contribution is -2.39. The Morgan fingerprint density at radius 3 is 2.47 bits per heavy atom. The predicted octanol–water partition coefficient (Wildman–Crippen LogP) is 3.32. The Morgan fingerprint density at radius 1 is 1.27 bits per heavy atom. The summed E-state index contributed by atoms with van der Waals surface area (Å²) in [7, 11) is 1.98. The maximum absolute atomic E-state index is 10.6. The van der Waals surface area contributed by atoms with Gasteiger partial charge in [0.2, 0.25) is 0 Å². The standard InChI is InChI=1S/C19H27N3O.C2HF3O2/c1-3-23-19-10-12-22(11-9-16-7-5-4-6-8-16)18(19)13-17-14-20-21(2)15-17;3-2(4,5)1(6)7/h4-8,14-15,18-19H,3,9-13H2,1-2H3;(H,6,7)/t18-,19-;/m1./s1. The van der Waals surface area contributed by atoms with E-state index in [1.807, 2.05) is 17.9 Å². The molecule has 0 saturated carbocycles. The van der Waals surface area contributed by atoms with E-state index in [9.17, 15) is 13.2 Å². The van der Waals surface area contributed by atoms with Gasteiger partial charge in [0.15, 0.2) is 0 Å². The number of hydrogen-bond acceptors (Lipinski definition) is 4. The van der Waals surface area contributed by atoms with Crippen molar-refractivity contribution in [3.8, 4) is 0 Å². The fraction of sp³-hybridized carbons (Fsp3) is 0.524. The molecular formula is C21H28F3N3O3. The van der Waals surface area contributed by atoms with Gasteiger partial charge in [-0.3, -0.25) is 9.58 Å². The quantitative estimate of drug-likeness (QED) is 0.734. The van der Waals surface area contributed by atoms with Crippen LogP contribution in [0.15, 0.2) is 42.7 Å². The van der Waals surface area contributed by atoms with Crippen molar-refractivity contribution in [2.45, 2.75) is 44.5 Å². The second kappa shape index (κ2) is 11.1. The van der Waals surface area contributed by atoms with E-state index < -0.39 is 12.1 Å². The molecule has 0 unspecified atom stereocenters. The number of benzene rings is 1. The van der Waals surface area contributed by atoms with Crippen molar-refractivity contribution in [2.24, 2.45) is 7.05 Å². The van der Waals surface area contributed by atoms with Crippen LogP contribution in [0.5, 0.6) is 0 Å². The number of ether oxygens (including phenoxy) is 1. The zero-order chi connectivity index (χ0) is 22.1. The molecule has 30 heavy (non-hydrogen) atoms. The molecule has 1 fully saturated rings. The van der Waals surface area contributed by atoms with Crippen LogP contribution in [0.25, 0.3) is 0 Å². The van der Waals surface area contributed by atoms with Gasteiger partial charge < -0.3 is 9.84 Å². The third-order valence-corrected chi connectivity index (χ3v) is 4.96. The Balaban J connectivity index is 0.000000396. The Hall–Kier alpha value is -2.39. The first-order valence-electron chi connectivity index (χ1n) is 9.88. The van der Waals surface area contributed by atoms with E-state index in [0.29, 0.717) is 12.1 Å². The first-order valence-corrected chi connectivity index (χ1v) is 9.88. The summed E-state index contributed by atoms with van der Waals surface area (Å²) in [5.41, 5.74) is 2.71. The highest BCUT2D eigenvalue weighted by molar-refractivity contribution is 5.73. The number of alkyl halides is 3. The van der Waals surface area contributed by atoms with E-state index in [1.54, 1.807) is 0 Å². The molecule has 166 valence electrons. The molecule has 2 atom stereocenters. The molecule has 0 spiro atoms. The highest BCUT2D eigenvalue weighted by atomic mass is 19.4. The van der Waals surface area contributed by atoms with Gasteiger partial charge in [-0.25, -0.2) is 4.79 Å². The molecule has 9 heteroatoms. The summed E-state index contributed by atoms with van der Waals surface area (Å²) < 4.78 is 39.6. The Morgan fingerprint density at radius 2 is 1.93 bits per heavy atom. The minimum absolute atomic E-state index is 0.343. The van der Waals surface area contributed by atoms with Crippen molar-refractivity contribution < 1.29 is 27.8 Å². The van der Waals surface area contributed by atoms with Crippen LogP contribution in [-0.2, 0) is 29.4 Å². The van der Waals surface area contributed by atoms with Crippen LogP contribution < -0.4 is 0 Å². The van der Waals surface area contributed by atoms with Gasteiger partial charge in [-0.05, 0) is 37.3 Å². The number of nitrogens with zero attached hydrogens (tertiary/aromatic N) is 3. The minimum Gasteiger partial charge on any atom is -0.475 e. The molecule has 1 N–H and O–H groups in total. The second-order valence-corrected chi connectivity index (χ2v) is 7.15. The highest BCUT2D eigenvalue weighted by Gasteiger charge is 2.38. The molecule has 6 nitrogen and oxygen atoms in total. The van der Waals surface area contributed by atoms with Crippen molar-refractivity contribution in [1.29, 1.82) is 0 Å². The average Bonchev–Trinajstić information content (AvgIpc) is 3.27. The molecule has 1 aromatic heterocycles. The van der Waals surface area contributed by atoms with Gasteiger partial charge >= 0.3 is 12.1 Å². The van der Waals surface area contributed by atoms with Crippen molar-refractivity contribution in [3.63, 3.8) is 0 Å². The summed E-state index contributed by atoms with van der Waals surface area (Å²) in [6.45, 7) is 5.11. The zero-order valence-electron chi connectivity index (χ0n) is 17.2. The van der Waals surface area contributed by atoms with Crippen LogP contribution in [0.3, 0.4) is 0 Å². The van der Waals surface area contributed by atoms with Gasteiger partial charge in [-0.1, -0.05) is 30.3 Å². The van der Waals surface area contributed by atoms with E-state index in [1.165, 1.54) is 11.1 Å². The molecule has 1 aliphatic rings. The van der Waals surface area contributed by atoms with Gasteiger partial charge in [0.25, 0.3) is 0 Å². The van der Waals surface area contributed by atoms with Crippen LogP contribution in [-0.4, -0.2) is 63.8 Å². The molecule has 0 radical (unpaired) electrons. The normalized spacial score (nSPS) is 19.4. The molecule has 0 aliphatic carbocycles. The third kappa shape index (κ3) is 7.46. The minimum atomic E-state index is -5.08. The predicted molar refractivity (Wildman–Crippen MR) is 106 cm³/mol. The molecule has 0 amide bonds. The van der Waals surface area contributed by atoms with Gasteiger partial charge in [-0.15, -0.1) is 0 Å². The number of likely N-dealkylation sites (tertiary alicyclic amines) is 1. The number of aryl methyl sites for hydroxylation is 1. The van der Waals surface area contributed by atoms with E-state index >= 15 is 0 Å². The summed E-state index contributed by atoms with van der Waals surface area (Å²) >= 11 is 0. The summed E-state index contributed by atoms with van der Waals surface area (Å²) in [4.78, 5) is 11.5. The Kier molecular flexibility index (Phi) is 8.86. The van der Waals surface area contributed by atoms with Crippen molar-refractivity contribution in [1.82, 2.24) is 14.7 Å². The number of aliphatic carboxylic acids is 1. The Bertz CT molecular complexity index is 781. The summed E-state index contributed by atoms with van der Waals surface area (Å²) in [6.07, 6.45) is 2.62. The van der Waals surface area contributed by atoms with Crippen molar-refractivity contribution >= 4 is 5.97 Å². The first kappa shape index (κ1) is 23.9. The van der Waals surface area contributed by atoms with Crippen LogP contribution in [0.4, 0.5) is 13.2 Å². The fourth-order valence-electron chi connectivity index (χ4n) is 3.57. The number of halogens is 3. The van der Waals surface area contributed by atoms with Crippen molar-refractivity contribution in [3.05, 3.63) is 53.9 Å². The highest BCUT2D eigenvalue weighted by Crippen LogP contribution is 2.24. The summed E-state index contributed by atoms with van der Waals surface area (Å²) in [5.74, 6) is -2.76. The van der Waals surface area contributed by atoms with Crippen LogP contribution in [0, 0.1) is 0 Å². The number of hydrogen-bond donors (Lipinski definition) is 1. The number of carboxylic acids is 1. The maximum Gasteiger partial charge on any atom is 0.490 e.